The van der Waals surface area contributed by atoms with Gasteiger partial charge in [-0.25, -0.2) is 9.97 Å². The van der Waals surface area contributed by atoms with Gasteiger partial charge in [-0.15, -0.1) is 0 Å². The van der Waals surface area contributed by atoms with Crippen LogP contribution in [0.15, 0.2) is 42.7 Å². The van der Waals surface area contributed by atoms with Crippen molar-refractivity contribution in [1.29, 1.82) is 0 Å². The van der Waals surface area contributed by atoms with Gasteiger partial charge in [0.15, 0.2) is 0 Å². The van der Waals surface area contributed by atoms with E-state index in [9.17, 15) is 9.59 Å². The number of benzene rings is 1. The topological polar surface area (TPSA) is 69.6 Å². The van der Waals surface area contributed by atoms with Crippen LogP contribution in [0.1, 0.15) is 25.3 Å². The first-order valence-corrected chi connectivity index (χ1v) is 10.3. The minimum absolute atomic E-state index is 0.00675. The van der Waals surface area contributed by atoms with Crippen molar-refractivity contribution < 1.29 is 9.59 Å². The van der Waals surface area contributed by atoms with E-state index in [0.29, 0.717) is 45.0 Å². The van der Waals surface area contributed by atoms with Crippen LogP contribution in [-0.4, -0.2) is 58.9 Å². The Balaban J connectivity index is 1.30. The van der Waals surface area contributed by atoms with Gasteiger partial charge in [-0.3, -0.25) is 9.59 Å². The Labute approximate surface area is 170 Å². The number of para-hydroxylation sites is 1. The van der Waals surface area contributed by atoms with Crippen LogP contribution in [0.4, 0.5) is 11.6 Å². The Bertz CT molecular complexity index is 935. The molecule has 1 saturated carbocycles. The van der Waals surface area contributed by atoms with E-state index in [2.05, 4.69) is 27.9 Å². The van der Waals surface area contributed by atoms with Crippen molar-refractivity contribution in [2.75, 3.05) is 36.0 Å². The van der Waals surface area contributed by atoms with Crippen LogP contribution < -0.4 is 9.80 Å². The monoisotopic (exact) mass is 391 g/mol. The van der Waals surface area contributed by atoms with Crippen molar-refractivity contribution in [3.63, 3.8) is 0 Å². The van der Waals surface area contributed by atoms with Gasteiger partial charge in [-0.1, -0.05) is 18.2 Å². The zero-order valence-corrected chi connectivity index (χ0v) is 16.6. The van der Waals surface area contributed by atoms with Crippen LogP contribution in [-0.2, 0) is 16.0 Å². The van der Waals surface area contributed by atoms with Crippen molar-refractivity contribution in [2.24, 2.45) is 5.41 Å². The Hall–Kier alpha value is -2.96. The van der Waals surface area contributed by atoms with E-state index in [1.54, 1.807) is 18.5 Å². The number of fused-ring (bicyclic) bond motifs is 1. The van der Waals surface area contributed by atoms with Gasteiger partial charge >= 0.3 is 0 Å². The summed E-state index contributed by atoms with van der Waals surface area (Å²) in [6, 6.07) is 9.93. The van der Waals surface area contributed by atoms with E-state index in [1.165, 1.54) is 5.56 Å². The van der Waals surface area contributed by atoms with Gasteiger partial charge in [0.25, 0.3) is 0 Å². The molecule has 0 bridgehead atoms. The Morgan fingerprint density at radius 3 is 2.34 bits per heavy atom. The minimum Gasteiger partial charge on any atom is -0.338 e. The molecule has 0 radical (unpaired) electrons. The Morgan fingerprint density at radius 2 is 1.66 bits per heavy atom. The molecule has 2 amide bonds. The number of hydrogen-bond donors (Lipinski definition) is 0. The number of amides is 2. The lowest BCUT2D eigenvalue weighted by molar-refractivity contribution is -0.143. The quantitative estimate of drug-likeness (QED) is 0.748. The van der Waals surface area contributed by atoms with Crippen LogP contribution in [0.5, 0.6) is 0 Å². The van der Waals surface area contributed by atoms with Gasteiger partial charge in [0.05, 0.1) is 0 Å². The van der Waals surface area contributed by atoms with Gasteiger partial charge in [0, 0.05) is 50.3 Å². The van der Waals surface area contributed by atoms with Crippen LogP contribution >= 0.6 is 0 Å². The van der Waals surface area contributed by atoms with Crippen molar-refractivity contribution in [3.05, 3.63) is 48.3 Å². The molecule has 3 heterocycles. The molecular formula is C22H25N5O2. The number of nitrogens with zero attached hydrogens (tertiary/aromatic N) is 5. The zero-order valence-electron chi connectivity index (χ0n) is 16.6. The van der Waals surface area contributed by atoms with Gasteiger partial charge < -0.3 is 14.7 Å². The van der Waals surface area contributed by atoms with Crippen molar-refractivity contribution in [2.45, 2.75) is 32.2 Å². The molecule has 1 atom stereocenters. The fourth-order valence-electron chi connectivity index (χ4n) is 4.62. The highest BCUT2D eigenvalue weighted by atomic mass is 16.2. The summed E-state index contributed by atoms with van der Waals surface area (Å²) in [5, 5.41) is 0. The highest BCUT2D eigenvalue weighted by Gasteiger charge is 2.60. The van der Waals surface area contributed by atoms with E-state index in [-0.39, 0.29) is 17.9 Å². The third-order valence-corrected chi connectivity index (χ3v) is 6.40. The molecule has 1 unspecified atom stereocenters. The molecule has 3 aliphatic rings. The fourth-order valence-corrected chi connectivity index (χ4v) is 4.62. The van der Waals surface area contributed by atoms with Gasteiger partial charge in [-0.2, -0.15) is 0 Å². The molecule has 1 aliphatic carbocycles. The largest absolute Gasteiger partial charge is 0.338 e. The minimum atomic E-state index is -0.864. The lowest BCUT2D eigenvalue weighted by atomic mass is 10.0. The summed E-state index contributed by atoms with van der Waals surface area (Å²) in [5.74, 6) is 0.667. The van der Waals surface area contributed by atoms with Crippen molar-refractivity contribution in [3.8, 4) is 0 Å². The van der Waals surface area contributed by atoms with Crippen LogP contribution in [0.25, 0.3) is 0 Å². The molecule has 150 valence electrons. The molecular weight excluding hydrogens is 366 g/mol. The normalized spacial score (nSPS) is 22.4. The lowest BCUT2D eigenvalue weighted by Gasteiger charge is -2.37. The fraction of sp³-hybridized carbons (Fsp3) is 0.455. The standard InChI is InChI=1S/C22H25N5O2/c1-16-15-17-5-2-3-6-18(17)27(16)20(29)22(7-8-22)19(28)25-11-13-26(14-12-25)21-23-9-4-10-24-21/h2-6,9-10,16H,7-8,11-15H2,1H3. The molecule has 7 nitrogen and oxygen atoms in total. The number of carbonyl (C=O) groups excluding carboxylic acids is 2. The van der Waals surface area contributed by atoms with E-state index in [1.807, 2.05) is 28.0 Å². The summed E-state index contributed by atoms with van der Waals surface area (Å²) < 4.78 is 0. The summed E-state index contributed by atoms with van der Waals surface area (Å²) in [4.78, 5) is 41.3. The molecule has 5 rings (SSSR count). The third kappa shape index (κ3) is 2.96. The zero-order chi connectivity index (χ0) is 20.0. The number of piperazine rings is 1. The SMILES string of the molecule is CC1Cc2ccccc2N1C(=O)C1(C(=O)N2CCN(c3ncccn3)CC2)CC1. The number of hydrogen-bond acceptors (Lipinski definition) is 5. The van der Waals surface area contributed by atoms with Crippen LogP contribution in [0.2, 0.25) is 0 Å². The van der Waals surface area contributed by atoms with Gasteiger partial charge in [-0.05, 0) is 43.9 Å². The predicted molar refractivity (Wildman–Crippen MR) is 110 cm³/mol. The first kappa shape index (κ1) is 18.1. The molecule has 2 aromatic rings. The molecule has 29 heavy (non-hydrogen) atoms. The molecule has 1 saturated heterocycles. The smallest absolute Gasteiger partial charge is 0.242 e. The highest BCUT2D eigenvalue weighted by Crippen LogP contribution is 2.51. The predicted octanol–water partition coefficient (Wildman–Crippen LogP) is 1.88. The second kappa shape index (κ2) is 6.83. The van der Waals surface area contributed by atoms with E-state index >= 15 is 0 Å². The maximum Gasteiger partial charge on any atom is 0.242 e. The average Bonchev–Trinajstić information content (AvgIpc) is 3.51. The maximum atomic E-state index is 13.5. The van der Waals surface area contributed by atoms with Gasteiger partial charge in [0.2, 0.25) is 17.8 Å². The van der Waals surface area contributed by atoms with E-state index in [4.69, 9.17) is 0 Å². The molecule has 1 aromatic carbocycles. The first-order chi connectivity index (χ1) is 14.1. The van der Waals surface area contributed by atoms with Crippen molar-refractivity contribution >= 4 is 23.5 Å². The molecule has 7 heteroatoms. The third-order valence-electron chi connectivity index (χ3n) is 6.40. The molecule has 0 N–H and O–H groups in total. The number of carbonyl (C=O) groups is 2. The highest BCUT2D eigenvalue weighted by molar-refractivity contribution is 6.15. The first-order valence-electron chi connectivity index (χ1n) is 10.3. The Morgan fingerprint density at radius 1 is 0.966 bits per heavy atom. The molecule has 2 fully saturated rings. The Kier molecular flexibility index (Phi) is 4.26. The van der Waals surface area contributed by atoms with E-state index in [0.717, 1.165) is 12.1 Å². The summed E-state index contributed by atoms with van der Waals surface area (Å²) in [6.45, 7) is 4.62. The van der Waals surface area contributed by atoms with Crippen molar-refractivity contribution in [1.82, 2.24) is 14.9 Å². The van der Waals surface area contributed by atoms with Gasteiger partial charge in [0.1, 0.15) is 5.41 Å². The molecule has 2 aliphatic heterocycles. The summed E-state index contributed by atoms with van der Waals surface area (Å²) >= 11 is 0. The second-order valence-corrected chi connectivity index (χ2v) is 8.27. The molecule has 1 aromatic heterocycles. The summed E-state index contributed by atoms with van der Waals surface area (Å²) in [5.41, 5.74) is 1.29. The molecule has 0 spiro atoms. The summed E-state index contributed by atoms with van der Waals surface area (Å²) in [6.07, 6.45) is 5.61. The van der Waals surface area contributed by atoms with E-state index < -0.39 is 5.41 Å². The van der Waals surface area contributed by atoms with Crippen LogP contribution in [0, 0.1) is 5.41 Å². The number of anilines is 2. The average molecular weight is 391 g/mol. The van der Waals surface area contributed by atoms with Crippen LogP contribution in [0.3, 0.4) is 0 Å². The lowest BCUT2D eigenvalue weighted by Crippen LogP contribution is -2.54. The maximum absolute atomic E-state index is 13.5. The number of aromatic nitrogens is 2. The number of rotatable bonds is 3. The second-order valence-electron chi connectivity index (χ2n) is 8.27. The summed E-state index contributed by atoms with van der Waals surface area (Å²) in [7, 11) is 0.